The van der Waals surface area contributed by atoms with Crippen LogP contribution in [0, 0.1) is 0 Å². The van der Waals surface area contributed by atoms with Gasteiger partial charge in [-0.25, -0.2) is 0 Å². The van der Waals surface area contributed by atoms with Gasteiger partial charge in [-0.05, 0) is 27.7 Å². The van der Waals surface area contributed by atoms with Gasteiger partial charge in [0.05, 0.1) is 12.7 Å². The molecule has 3 nitrogen and oxygen atoms in total. The van der Waals surface area contributed by atoms with E-state index in [2.05, 4.69) is 0 Å². The molecule has 14 heavy (non-hydrogen) atoms. The maximum Gasteiger partial charge on any atom is 0.163 e. The second kappa shape index (κ2) is 3.80. The Morgan fingerprint density at radius 2 is 2.21 bits per heavy atom. The molecule has 0 bridgehead atoms. The van der Waals surface area contributed by atoms with Gasteiger partial charge >= 0.3 is 0 Å². The van der Waals surface area contributed by atoms with E-state index in [4.69, 9.17) is 21.1 Å². The SMILES string of the molecule is CC(=O)C(C)(Cl)C[C@H]1COC(C)(C)O1. The number of rotatable bonds is 3. The summed E-state index contributed by atoms with van der Waals surface area (Å²) in [5.74, 6) is -0.582. The number of ether oxygens (including phenoxy) is 2. The maximum absolute atomic E-state index is 11.2. The molecule has 1 aliphatic heterocycles. The van der Waals surface area contributed by atoms with E-state index in [1.807, 2.05) is 13.8 Å². The zero-order valence-corrected chi connectivity index (χ0v) is 9.85. The number of carbonyl (C=O) groups excluding carboxylic acids is 1. The van der Waals surface area contributed by atoms with Crippen molar-refractivity contribution in [1.82, 2.24) is 0 Å². The molecule has 1 saturated heterocycles. The van der Waals surface area contributed by atoms with Crippen LogP contribution in [-0.2, 0) is 14.3 Å². The fourth-order valence-corrected chi connectivity index (χ4v) is 1.61. The van der Waals surface area contributed by atoms with Gasteiger partial charge in [0.2, 0.25) is 0 Å². The van der Waals surface area contributed by atoms with Gasteiger partial charge in [0.25, 0.3) is 0 Å². The fourth-order valence-electron chi connectivity index (χ4n) is 1.43. The molecule has 0 amide bonds. The number of Topliss-reactive ketones (excluding diaryl/α,β-unsaturated/α-hetero) is 1. The summed E-state index contributed by atoms with van der Waals surface area (Å²) in [6.07, 6.45) is 0.407. The Balaban J connectivity index is 2.51. The minimum atomic E-state index is -0.839. The summed E-state index contributed by atoms with van der Waals surface area (Å²) in [7, 11) is 0. The highest BCUT2D eigenvalue weighted by Gasteiger charge is 2.38. The summed E-state index contributed by atoms with van der Waals surface area (Å²) < 4.78 is 11.0. The van der Waals surface area contributed by atoms with Crippen LogP contribution in [0.4, 0.5) is 0 Å². The van der Waals surface area contributed by atoms with Crippen LogP contribution in [0.3, 0.4) is 0 Å². The van der Waals surface area contributed by atoms with Gasteiger partial charge in [-0.15, -0.1) is 11.6 Å². The van der Waals surface area contributed by atoms with Gasteiger partial charge < -0.3 is 9.47 Å². The first-order chi connectivity index (χ1) is 6.23. The topological polar surface area (TPSA) is 35.5 Å². The average molecular weight is 221 g/mol. The molecule has 1 fully saturated rings. The van der Waals surface area contributed by atoms with Gasteiger partial charge in [-0.1, -0.05) is 0 Å². The van der Waals surface area contributed by atoms with Crippen LogP contribution in [-0.4, -0.2) is 29.2 Å². The Hall–Kier alpha value is -0.120. The Bertz CT molecular complexity index is 236. The Morgan fingerprint density at radius 3 is 2.57 bits per heavy atom. The van der Waals surface area contributed by atoms with Crippen molar-refractivity contribution < 1.29 is 14.3 Å². The molecule has 0 aromatic rings. The van der Waals surface area contributed by atoms with Gasteiger partial charge in [0.1, 0.15) is 10.7 Å². The van der Waals surface area contributed by atoms with Crippen molar-refractivity contribution in [2.24, 2.45) is 0 Å². The number of ketones is 1. The summed E-state index contributed by atoms with van der Waals surface area (Å²) in [5.41, 5.74) is 0. The molecule has 1 unspecified atom stereocenters. The van der Waals surface area contributed by atoms with E-state index in [1.54, 1.807) is 6.92 Å². The molecule has 1 heterocycles. The lowest BCUT2D eigenvalue weighted by molar-refractivity contribution is -0.141. The number of alkyl halides is 1. The number of hydrogen-bond acceptors (Lipinski definition) is 3. The van der Waals surface area contributed by atoms with Gasteiger partial charge in [-0.2, -0.15) is 0 Å². The molecule has 0 aromatic carbocycles. The van der Waals surface area contributed by atoms with Gasteiger partial charge in [-0.3, -0.25) is 4.79 Å². The Morgan fingerprint density at radius 1 is 1.64 bits per heavy atom. The summed E-state index contributed by atoms with van der Waals surface area (Å²) in [5, 5.41) is 0. The van der Waals surface area contributed by atoms with Crippen molar-refractivity contribution in [3.8, 4) is 0 Å². The molecule has 2 atom stereocenters. The van der Waals surface area contributed by atoms with Crippen molar-refractivity contribution in [2.75, 3.05) is 6.61 Å². The van der Waals surface area contributed by atoms with Crippen LogP contribution in [0.25, 0.3) is 0 Å². The van der Waals surface area contributed by atoms with E-state index in [1.165, 1.54) is 6.92 Å². The van der Waals surface area contributed by atoms with Crippen molar-refractivity contribution in [3.05, 3.63) is 0 Å². The molecule has 0 aromatic heterocycles. The zero-order chi connectivity index (χ0) is 11.0. The van der Waals surface area contributed by atoms with Gasteiger partial charge in [0, 0.05) is 6.42 Å². The maximum atomic E-state index is 11.2. The van der Waals surface area contributed by atoms with Crippen LogP contribution in [0.2, 0.25) is 0 Å². The summed E-state index contributed by atoms with van der Waals surface area (Å²) >= 11 is 6.06. The predicted molar refractivity (Wildman–Crippen MR) is 54.5 cm³/mol. The van der Waals surface area contributed by atoms with E-state index in [0.29, 0.717) is 13.0 Å². The quantitative estimate of drug-likeness (QED) is 0.684. The third-order valence-electron chi connectivity index (χ3n) is 2.41. The summed E-state index contributed by atoms with van der Waals surface area (Å²) in [4.78, 5) is 10.3. The highest BCUT2D eigenvalue weighted by atomic mass is 35.5. The minimum Gasteiger partial charge on any atom is -0.348 e. The number of carbonyl (C=O) groups is 1. The number of hydrogen-bond donors (Lipinski definition) is 0. The largest absolute Gasteiger partial charge is 0.348 e. The first-order valence-corrected chi connectivity index (χ1v) is 5.12. The molecule has 1 aliphatic rings. The third kappa shape index (κ3) is 2.94. The first-order valence-electron chi connectivity index (χ1n) is 4.75. The fraction of sp³-hybridized carbons (Fsp3) is 0.900. The lowest BCUT2D eigenvalue weighted by atomic mass is 9.99. The Labute approximate surface area is 89.7 Å². The molecule has 0 aliphatic carbocycles. The van der Waals surface area contributed by atoms with Gasteiger partial charge in [0.15, 0.2) is 5.79 Å². The normalized spacial score (nSPS) is 29.9. The van der Waals surface area contributed by atoms with E-state index < -0.39 is 10.7 Å². The molecule has 0 N–H and O–H groups in total. The molecule has 1 rings (SSSR count). The Kier molecular flexibility index (Phi) is 3.24. The second-order valence-corrected chi connectivity index (χ2v) is 5.24. The third-order valence-corrected chi connectivity index (χ3v) is 2.83. The first kappa shape index (κ1) is 12.0. The lowest BCUT2D eigenvalue weighted by Gasteiger charge is -2.23. The van der Waals surface area contributed by atoms with Crippen LogP contribution in [0.1, 0.15) is 34.1 Å². The van der Waals surface area contributed by atoms with Crippen LogP contribution in [0.15, 0.2) is 0 Å². The highest BCUT2D eigenvalue weighted by Crippen LogP contribution is 2.30. The molecule has 4 heteroatoms. The van der Waals surface area contributed by atoms with Crippen molar-refractivity contribution in [1.29, 1.82) is 0 Å². The van der Waals surface area contributed by atoms with E-state index in [9.17, 15) is 4.79 Å². The minimum absolute atomic E-state index is 0.0347. The van der Waals surface area contributed by atoms with Crippen molar-refractivity contribution in [2.45, 2.75) is 50.9 Å². The average Bonchev–Trinajstić information content (AvgIpc) is 2.28. The monoisotopic (exact) mass is 220 g/mol. The van der Waals surface area contributed by atoms with Crippen LogP contribution in [0.5, 0.6) is 0 Å². The van der Waals surface area contributed by atoms with Crippen LogP contribution < -0.4 is 0 Å². The molecular formula is C10H17ClO3. The van der Waals surface area contributed by atoms with E-state index in [-0.39, 0.29) is 11.9 Å². The molecule has 82 valence electrons. The standard InChI is InChI=1S/C10H17ClO3/c1-7(12)10(4,11)5-8-6-13-9(2,3)14-8/h8H,5-6H2,1-4H3/t8-,10?/m0/s1. The molecular weight excluding hydrogens is 204 g/mol. The van der Waals surface area contributed by atoms with Crippen molar-refractivity contribution in [3.63, 3.8) is 0 Å². The predicted octanol–water partition coefficient (Wildman–Crippen LogP) is 2.11. The summed E-state index contributed by atoms with van der Waals surface area (Å²) in [6, 6.07) is 0. The smallest absolute Gasteiger partial charge is 0.163 e. The van der Waals surface area contributed by atoms with E-state index >= 15 is 0 Å². The zero-order valence-electron chi connectivity index (χ0n) is 9.09. The molecule has 0 radical (unpaired) electrons. The second-order valence-electron chi connectivity index (χ2n) is 4.41. The van der Waals surface area contributed by atoms with E-state index in [0.717, 1.165) is 0 Å². The summed E-state index contributed by atoms with van der Waals surface area (Å²) in [6.45, 7) is 7.42. The van der Waals surface area contributed by atoms with Crippen molar-refractivity contribution >= 4 is 17.4 Å². The van der Waals surface area contributed by atoms with Crippen LogP contribution >= 0.6 is 11.6 Å². The number of halogens is 1. The molecule has 0 saturated carbocycles. The lowest BCUT2D eigenvalue weighted by Crippen LogP contribution is -2.33. The highest BCUT2D eigenvalue weighted by molar-refractivity contribution is 6.34. The molecule has 0 spiro atoms.